The van der Waals surface area contributed by atoms with E-state index in [-0.39, 0.29) is 29.8 Å². The van der Waals surface area contributed by atoms with Crippen LogP contribution in [0.2, 0.25) is 0 Å². The number of guanidine groups is 1. The van der Waals surface area contributed by atoms with E-state index in [0.717, 1.165) is 81.2 Å². The van der Waals surface area contributed by atoms with Crippen LogP contribution < -0.4 is 10.6 Å². The molecule has 1 saturated heterocycles. The monoisotopic (exact) mass is 503 g/mol. The molecule has 0 saturated carbocycles. The summed E-state index contributed by atoms with van der Waals surface area (Å²) < 4.78 is 18.8. The van der Waals surface area contributed by atoms with Crippen LogP contribution >= 0.6 is 24.0 Å². The van der Waals surface area contributed by atoms with Crippen LogP contribution in [0.3, 0.4) is 0 Å². The van der Waals surface area contributed by atoms with Gasteiger partial charge < -0.3 is 20.4 Å². The Kier molecular flexibility index (Phi) is 10.0. The van der Waals surface area contributed by atoms with E-state index in [4.69, 9.17) is 4.74 Å². The fourth-order valence-electron chi connectivity index (χ4n) is 3.39. The van der Waals surface area contributed by atoms with Crippen molar-refractivity contribution in [1.29, 1.82) is 0 Å². The second-order valence-electron chi connectivity index (χ2n) is 6.84. The van der Waals surface area contributed by atoms with Gasteiger partial charge in [0.25, 0.3) is 0 Å². The van der Waals surface area contributed by atoms with Crippen LogP contribution in [0, 0.1) is 5.82 Å². The lowest BCUT2D eigenvalue weighted by atomic mass is 10.1. The summed E-state index contributed by atoms with van der Waals surface area (Å²) >= 11 is 0. The van der Waals surface area contributed by atoms with Crippen LogP contribution in [-0.2, 0) is 11.2 Å². The molecule has 2 heterocycles. The average molecular weight is 503 g/mol. The third-order valence-electron chi connectivity index (χ3n) is 4.94. The summed E-state index contributed by atoms with van der Waals surface area (Å²) in [6.07, 6.45) is 5.04. The third-order valence-corrected chi connectivity index (χ3v) is 4.94. The fourth-order valence-corrected chi connectivity index (χ4v) is 3.39. The third kappa shape index (κ3) is 6.89. The minimum atomic E-state index is -0.203. The Labute approximate surface area is 183 Å². The molecule has 0 atom stereocenters. The zero-order valence-corrected chi connectivity index (χ0v) is 18.8. The van der Waals surface area contributed by atoms with Crippen LogP contribution in [-0.4, -0.2) is 68.8 Å². The molecule has 28 heavy (non-hydrogen) atoms. The van der Waals surface area contributed by atoms with Gasteiger partial charge in [0.05, 0.1) is 13.2 Å². The zero-order valence-electron chi connectivity index (χ0n) is 16.5. The Balaban J connectivity index is 0.00000280. The number of aromatic amines is 1. The Hall–Kier alpha value is -1.39. The summed E-state index contributed by atoms with van der Waals surface area (Å²) in [5.74, 6) is 0.609. The number of H-pyrrole nitrogens is 1. The van der Waals surface area contributed by atoms with Gasteiger partial charge in [0.1, 0.15) is 5.82 Å². The Morgan fingerprint density at radius 1 is 1.21 bits per heavy atom. The van der Waals surface area contributed by atoms with Crippen molar-refractivity contribution in [3.8, 4) is 0 Å². The van der Waals surface area contributed by atoms with Crippen LogP contribution in [0.1, 0.15) is 18.4 Å². The van der Waals surface area contributed by atoms with Gasteiger partial charge in [-0.1, -0.05) is 0 Å². The van der Waals surface area contributed by atoms with Crippen LogP contribution in [0.25, 0.3) is 10.9 Å². The van der Waals surface area contributed by atoms with Gasteiger partial charge in [0, 0.05) is 50.3 Å². The molecular formula is C20H31FIN5O. The van der Waals surface area contributed by atoms with Crippen molar-refractivity contribution in [1.82, 2.24) is 20.5 Å². The number of benzene rings is 1. The lowest BCUT2D eigenvalue weighted by molar-refractivity contribution is 0.0372. The summed E-state index contributed by atoms with van der Waals surface area (Å²) in [7, 11) is 1.78. The number of ether oxygens (including phenoxy) is 1. The number of hydrogen-bond acceptors (Lipinski definition) is 3. The zero-order chi connectivity index (χ0) is 18.9. The summed E-state index contributed by atoms with van der Waals surface area (Å²) in [6, 6.07) is 4.84. The number of nitrogens with zero attached hydrogens (tertiary/aromatic N) is 2. The smallest absolute Gasteiger partial charge is 0.190 e. The largest absolute Gasteiger partial charge is 0.379 e. The maximum Gasteiger partial charge on any atom is 0.190 e. The highest BCUT2D eigenvalue weighted by Crippen LogP contribution is 2.19. The molecule has 3 N–H and O–H groups in total. The maximum absolute atomic E-state index is 13.5. The van der Waals surface area contributed by atoms with E-state index in [9.17, 15) is 4.39 Å². The molecule has 3 rings (SSSR count). The van der Waals surface area contributed by atoms with Gasteiger partial charge in [0.2, 0.25) is 0 Å². The van der Waals surface area contributed by atoms with Gasteiger partial charge >= 0.3 is 0 Å². The quantitative estimate of drug-likeness (QED) is 0.225. The first-order valence-electron chi connectivity index (χ1n) is 9.76. The number of aliphatic imine (C=N–C) groups is 1. The molecule has 0 aliphatic carbocycles. The van der Waals surface area contributed by atoms with Crippen molar-refractivity contribution >= 4 is 40.8 Å². The van der Waals surface area contributed by atoms with E-state index < -0.39 is 0 Å². The van der Waals surface area contributed by atoms with Crippen LogP contribution in [0.5, 0.6) is 0 Å². The second kappa shape index (κ2) is 12.2. The molecule has 1 aromatic carbocycles. The molecular weight excluding hydrogens is 472 g/mol. The first-order valence-corrected chi connectivity index (χ1v) is 9.76. The predicted octanol–water partition coefficient (Wildman–Crippen LogP) is 2.74. The van der Waals surface area contributed by atoms with Gasteiger partial charge in [-0.15, -0.1) is 24.0 Å². The minimum Gasteiger partial charge on any atom is -0.379 e. The Bertz CT molecular complexity index is 745. The molecule has 6 nitrogen and oxygen atoms in total. The predicted molar refractivity (Wildman–Crippen MR) is 123 cm³/mol. The van der Waals surface area contributed by atoms with Crippen LogP contribution in [0.4, 0.5) is 4.39 Å². The Morgan fingerprint density at radius 3 is 2.79 bits per heavy atom. The number of aromatic nitrogens is 1. The number of hydrogen-bond donors (Lipinski definition) is 3. The summed E-state index contributed by atoms with van der Waals surface area (Å²) in [5.41, 5.74) is 2.08. The lowest BCUT2D eigenvalue weighted by Gasteiger charge is -2.26. The minimum absolute atomic E-state index is 0. The van der Waals surface area contributed by atoms with E-state index in [1.54, 1.807) is 19.2 Å². The topological polar surface area (TPSA) is 64.7 Å². The van der Waals surface area contributed by atoms with Crippen molar-refractivity contribution in [2.45, 2.75) is 19.3 Å². The van der Waals surface area contributed by atoms with E-state index in [2.05, 4.69) is 25.5 Å². The lowest BCUT2D eigenvalue weighted by Crippen LogP contribution is -2.39. The first kappa shape index (κ1) is 22.9. The maximum atomic E-state index is 13.5. The molecule has 0 unspecified atom stereocenters. The van der Waals surface area contributed by atoms with Crippen molar-refractivity contribution in [2.75, 3.05) is 53.0 Å². The first-order chi connectivity index (χ1) is 13.3. The van der Waals surface area contributed by atoms with Crippen molar-refractivity contribution in [2.24, 2.45) is 4.99 Å². The Morgan fingerprint density at radius 2 is 2.00 bits per heavy atom. The summed E-state index contributed by atoms with van der Waals surface area (Å²) in [4.78, 5) is 9.92. The van der Waals surface area contributed by atoms with Gasteiger partial charge in [-0.05, 0) is 49.6 Å². The van der Waals surface area contributed by atoms with Gasteiger partial charge in [-0.2, -0.15) is 0 Å². The molecule has 1 fully saturated rings. The summed E-state index contributed by atoms with van der Waals surface area (Å²) in [5, 5.41) is 7.64. The standard InChI is InChI=1S/C20H30FN5O.HI/c1-22-20(23-7-2-3-9-26-10-12-27-13-11-26)24-8-6-16-15-25-19-5-4-17(21)14-18(16)19;/h4-5,14-15,25H,2-3,6-13H2,1H3,(H2,22,23,24);1H. The van der Waals surface area contributed by atoms with Crippen LogP contribution in [0.15, 0.2) is 29.4 Å². The van der Waals surface area contributed by atoms with Crippen molar-refractivity contribution < 1.29 is 9.13 Å². The van der Waals surface area contributed by atoms with E-state index in [1.807, 2.05) is 6.20 Å². The summed E-state index contributed by atoms with van der Waals surface area (Å²) in [6.45, 7) is 6.60. The number of unbranched alkanes of at least 4 members (excludes halogenated alkanes) is 1. The SMILES string of the molecule is CN=C(NCCCCN1CCOCC1)NCCc1c[nH]c2ccc(F)cc12.I. The highest BCUT2D eigenvalue weighted by Gasteiger charge is 2.09. The number of nitrogens with one attached hydrogen (secondary N) is 3. The number of rotatable bonds is 8. The molecule has 8 heteroatoms. The molecule has 0 amide bonds. The van der Waals surface area contributed by atoms with Gasteiger partial charge in [-0.3, -0.25) is 9.89 Å². The molecule has 0 bridgehead atoms. The van der Waals surface area contributed by atoms with E-state index in [1.165, 1.54) is 12.5 Å². The van der Waals surface area contributed by atoms with E-state index >= 15 is 0 Å². The highest BCUT2D eigenvalue weighted by atomic mass is 127. The van der Waals surface area contributed by atoms with Crippen molar-refractivity contribution in [3.63, 3.8) is 0 Å². The van der Waals surface area contributed by atoms with Gasteiger partial charge in [-0.25, -0.2) is 4.39 Å². The molecule has 156 valence electrons. The number of halogens is 2. The molecule has 1 aliphatic rings. The molecule has 2 aromatic rings. The molecule has 0 spiro atoms. The normalized spacial score (nSPS) is 15.4. The molecule has 0 radical (unpaired) electrons. The average Bonchev–Trinajstić information content (AvgIpc) is 3.09. The highest BCUT2D eigenvalue weighted by molar-refractivity contribution is 14.0. The second-order valence-corrected chi connectivity index (χ2v) is 6.84. The van der Waals surface area contributed by atoms with Crippen molar-refractivity contribution in [3.05, 3.63) is 35.8 Å². The molecule has 1 aromatic heterocycles. The number of fused-ring (bicyclic) bond motifs is 1. The van der Waals surface area contributed by atoms with Gasteiger partial charge in [0.15, 0.2) is 5.96 Å². The molecule has 1 aliphatic heterocycles. The van der Waals surface area contributed by atoms with E-state index in [0.29, 0.717) is 0 Å². The number of morpholine rings is 1. The fraction of sp³-hybridized carbons (Fsp3) is 0.550.